The molecule has 0 radical (unpaired) electrons. The molecule has 1 aromatic carbocycles. The topological polar surface area (TPSA) is 46.2 Å². The van der Waals surface area contributed by atoms with Gasteiger partial charge in [-0.1, -0.05) is 25.1 Å². The molecule has 1 atom stereocenters. The van der Waals surface area contributed by atoms with Gasteiger partial charge in [0.1, 0.15) is 15.7 Å². The van der Waals surface area contributed by atoms with Crippen molar-refractivity contribution in [2.45, 2.75) is 32.7 Å². The number of nitrogens with one attached hydrogen (secondary N) is 1. The van der Waals surface area contributed by atoms with Gasteiger partial charge in [0.25, 0.3) is 0 Å². The molecule has 19 heavy (non-hydrogen) atoms. The molecule has 1 N–H and O–H groups in total. The highest BCUT2D eigenvalue weighted by atomic mass is 32.2. The normalized spacial score (nSPS) is 13.5. The summed E-state index contributed by atoms with van der Waals surface area (Å²) >= 11 is 0. The average Bonchev–Trinajstić information content (AvgIpc) is 2.30. The number of halogens is 1. The highest BCUT2D eigenvalue weighted by Crippen LogP contribution is 2.23. The fourth-order valence-corrected chi connectivity index (χ4v) is 2.79. The van der Waals surface area contributed by atoms with Crippen LogP contribution < -0.4 is 5.32 Å². The van der Waals surface area contributed by atoms with Crippen LogP contribution >= 0.6 is 0 Å². The zero-order valence-electron chi connectivity index (χ0n) is 11.7. The molecule has 3 nitrogen and oxygen atoms in total. The third kappa shape index (κ3) is 5.28. The highest BCUT2D eigenvalue weighted by Gasteiger charge is 2.16. The fourth-order valence-electron chi connectivity index (χ4n) is 2.10. The molecule has 0 amide bonds. The Balaban J connectivity index is 2.79. The van der Waals surface area contributed by atoms with E-state index in [2.05, 4.69) is 5.32 Å². The lowest BCUT2D eigenvalue weighted by Gasteiger charge is -2.19. The van der Waals surface area contributed by atoms with Gasteiger partial charge >= 0.3 is 0 Å². The summed E-state index contributed by atoms with van der Waals surface area (Å²) in [6.07, 6.45) is 2.37. The summed E-state index contributed by atoms with van der Waals surface area (Å²) in [5.74, 6) is -0.0599. The summed E-state index contributed by atoms with van der Waals surface area (Å²) in [7, 11) is -2.96. The quantitative estimate of drug-likeness (QED) is 0.838. The lowest BCUT2D eigenvalue weighted by molar-refractivity contribution is 0.478. The zero-order chi connectivity index (χ0) is 14.5. The van der Waals surface area contributed by atoms with Crippen LogP contribution in [-0.4, -0.2) is 27.0 Å². The zero-order valence-corrected chi connectivity index (χ0v) is 12.6. The molecular formula is C14H22FNO2S. The fraction of sp³-hybridized carbons (Fsp3) is 0.571. The SMILES string of the molecule is CCNC(CCCS(C)(=O)=O)c1cccc(C)c1F. The predicted molar refractivity (Wildman–Crippen MR) is 76.5 cm³/mol. The second-order valence-electron chi connectivity index (χ2n) is 4.86. The number of rotatable bonds is 7. The Labute approximate surface area is 115 Å². The van der Waals surface area contributed by atoms with E-state index in [4.69, 9.17) is 0 Å². The molecule has 0 aliphatic heterocycles. The van der Waals surface area contributed by atoms with Crippen molar-refractivity contribution in [1.82, 2.24) is 5.32 Å². The van der Waals surface area contributed by atoms with Gasteiger partial charge < -0.3 is 5.32 Å². The molecule has 0 saturated heterocycles. The average molecular weight is 287 g/mol. The summed E-state index contributed by atoms with van der Waals surface area (Å²) in [6, 6.07) is 5.19. The molecule has 0 fully saturated rings. The van der Waals surface area contributed by atoms with E-state index < -0.39 is 9.84 Å². The van der Waals surface area contributed by atoms with Gasteiger partial charge in [-0.15, -0.1) is 0 Å². The molecule has 0 aliphatic rings. The van der Waals surface area contributed by atoms with Crippen LogP contribution in [0.2, 0.25) is 0 Å². The predicted octanol–water partition coefficient (Wildman–Crippen LogP) is 2.61. The van der Waals surface area contributed by atoms with E-state index in [0.29, 0.717) is 24.0 Å². The number of hydrogen-bond donors (Lipinski definition) is 1. The Kier molecular flexibility index (Phi) is 5.94. The van der Waals surface area contributed by atoms with Crippen molar-refractivity contribution in [3.05, 3.63) is 35.1 Å². The highest BCUT2D eigenvalue weighted by molar-refractivity contribution is 7.90. The number of sulfone groups is 1. The van der Waals surface area contributed by atoms with Gasteiger partial charge in [0.15, 0.2) is 0 Å². The molecule has 1 rings (SSSR count). The Hall–Kier alpha value is -0.940. The van der Waals surface area contributed by atoms with E-state index in [1.165, 1.54) is 6.26 Å². The molecule has 1 unspecified atom stereocenters. The molecule has 0 saturated carbocycles. The summed E-state index contributed by atoms with van der Waals surface area (Å²) in [5, 5.41) is 3.22. The molecule has 0 aliphatic carbocycles. The Morgan fingerprint density at radius 2 is 2.05 bits per heavy atom. The van der Waals surface area contributed by atoms with Crippen LogP contribution in [-0.2, 0) is 9.84 Å². The van der Waals surface area contributed by atoms with Crippen molar-refractivity contribution in [1.29, 1.82) is 0 Å². The minimum Gasteiger partial charge on any atom is -0.310 e. The second kappa shape index (κ2) is 7.01. The van der Waals surface area contributed by atoms with Gasteiger partial charge in [-0.25, -0.2) is 12.8 Å². The minimum atomic E-state index is -2.96. The lowest BCUT2D eigenvalue weighted by Crippen LogP contribution is -2.23. The van der Waals surface area contributed by atoms with Crippen LogP contribution in [0.3, 0.4) is 0 Å². The molecule has 0 heterocycles. The van der Waals surface area contributed by atoms with Crippen LogP contribution in [0.25, 0.3) is 0 Å². The first-order valence-corrected chi connectivity index (χ1v) is 8.57. The van der Waals surface area contributed by atoms with Gasteiger partial charge in [0, 0.05) is 23.6 Å². The van der Waals surface area contributed by atoms with Crippen molar-refractivity contribution in [3.63, 3.8) is 0 Å². The Bertz CT molecular complexity index is 514. The van der Waals surface area contributed by atoms with Gasteiger partial charge in [-0.05, 0) is 31.9 Å². The van der Waals surface area contributed by atoms with Crippen LogP contribution in [0, 0.1) is 12.7 Å². The molecule has 0 aromatic heterocycles. The van der Waals surface area contributed by atoms with Crippen LogP contribution in [0.5, 0.6) is 0 Å². The molecule has 0 spiro atoms. The summed E-state index contributed by atoms with van der Waals surface area (Å²) in [6.45, 7) is 4.41. The van der Waals surface area contributed by atoms with Crippen molar-refractivity contribution < 1.29 is 12.8 Å². The number of aryl methyl sites for hydroxylation is 1. The summed E-state index contributed by atoms with van der Waals surface area (Å²) in [5.41, 5.74) is 1.24. The van der Waals surface area contributed by atoms with Crippen molar-refractivity contribution in [2.75, 3.05) is 18.6 Å². The third-order valence-corrected chi connectivity index (χ3v) is 4.09. The van der Waals surface area contributed by atoms with Crippen molar-refractivity contribution in [2.24, 2.45) is 0 Å². The summed E-state index contributed by atoms with van der Waals surface area (Å²) < 4.78 is 36.3. The van der Waals surface area contributed by atoms with E-state index in [-0.39, 0.29) is 17.6 Å². The maximum absolute atomic E-state index is 14.1. The first-order chi connectivity index (χ1) is 8.85. The van der Waals surface area contributed by atoms with Gasteiger partial charge in [0.2, 0.25) is 0 Å². The molecule has 108 valence electrons. The monoisotopic (exact) mass is 287 g/mol. The Morgan fingerprint density at radius 3 is 2.63 bits per heavy atom. The van der Waals surface area contributed by atoms with Crippen LogP contribution in [0.4, 0.5) is 4.39 Å². The third-order valence-electron chi connectivity index (χ3n) is 3.06. The van der Waals surface area contributed by atoms with E-state index >= 15 is 0 Å². The van der Waals surface area contributed by atoms with E-state index in [9.17, 15) is 12.8 Å². The van der Waals surface area contributed by atoms with Crippen molar-refractivity contribution >= 4 is 9.84 Å². The van der Waals surface area contributed by atoms with E-state index in [0.717, 1.165) is 6.54 Å². The molecular weight excluding hydrogens is 265 g/mol. The maximum Gasteiger partial charge on any atom is 0.147 e. The lowest BCUT2D eigenvalue weighted by atomic mass is 9.99. The van der Waals surface area contributed by atoms with Crippen LogP contribution in [0.15, 0.2) is 18.2 Å². The number of benzene rings is 1. The molecule has 1 aromatic rings. The second-order valence-corrected chi connectivity index (χ2v) is 7.12. The first-order valence-electron chi connectivity index (χ1n) is 6.51. The maximum atomic E-state index is 14.1. The van der Waals surface area contributed by atoms with E-state index in [1.807, 2.05) is 13.0 Å². The molecule has 5 heteroatoms. The van der Waals surface area contributed by atoms with Crippen LogP contribution in [0.1, 0.15) is 36.9 Å². The standard InChI is InChI=1S/C14H22FNO2S/c1-4-16-13(9-6-10-19(3,17)18)12-8-5-7-11(2)14(12)15/h5,7-8,13,16H,4,6,9-10H2,1-3H3. The first kappa shape index (κ1) is 16.1. The minimum absolute atomic E-state index is 0.133. The van der Waals surface area contributed by atoms with Crippen molar-refractivity contribution in [3.8, 4) is 0 Å². The Morgan fingerprint density at radius 1 is 1.37 bits per heavy atom. The number of hydrogen-bond acceptors (Lipinski definition) is 3. The van der Waals surface area contributed by atoms with Gasteiger partial charge in [-0.3, -0.25) is 0 Å². The summed E-state index contributed by atoms with van der Waals surface area (Å²) in [4.78, 5) is 0. The van der Waals surface area contributed by atoms with Gasteiger partial charge in [0.05, 0.1) is 0 Å². The molecule has 0 bridgehead atoms. The van der Waals surface area contributed by atoms with E-state index in [1.54, 1.807) is 19.1 Å². The van der Waals surface area contributed by atoms with Gasteiger partial charge in [-0.2, -0.15) is 0 Å². The smallest absolute Gasteiger partial charge is 0.147 e. The largest absolute Gasteiger partial charge is 0.310 e.